The zero-order valence-electron chi connectivity index (χ0n) is 27.8. The van der Waals surface area contributed by atoms with Gasteiger partial charge >= 0.3 is 5.97 Å². The third-order valence-electron chi connectivity index (χ3n) is 11.7. The van der Waals surface area contributed by atoms with E-state index in [9.17, 15) is 20.1 Å². The quantitative estimate of drug-likeness (QED) is 0.194. The number of hydrogen-bond acceptors (Lipinski definition) is 7. The molecule has 2 aliphatic carbocycles. The van der Waals surface area contributed by atoms with Crippen molar-refractivity contribution in [3.8, 4) is 22.5 Å². The summed E-state index contributed by atoms with van der Waals surface area (Å²) >= 11 is 0. The minimum Gasteiger partial charge on any atom is -0.469 e. The SMILES string of the molecule is COC(=O)C1CCC(C(O)CC2c3ccccc3-c3cncn32)CC1.OCC1CCC(C(O)CC2c3ccccc3-c3cncn32)CC1. The molecule has 4 unspecified atom stereocenters. The molecule has 48 heavy (non-hydrogen) atoms. The van der Waals surface area contributed by atoms with E-state index in [0.29, 0.717) is 18.3 Å². The molecule has 0 radical (unpaired) electrons. The van der Waals surface area contributed by atoms with E-state index >= 15 is 0 Å². The van der Waals surface area contributed by atoms with E-state index in [1.807, 2.05) is 31.1 Å². The van der Waals surface area contributed by atoms with Crippen LogP contribution in [-0.2, 0) is 9.53 Å². The predicted molar refractivity (Wildman–Crippen MR) is 183 cm³/mol. The monoisotopic (exact) mass is 652 g/mol. The van der Waals surface area contributed by atoms with Gasteiger partial charge in [-0.2, -0.15) is 0 Å². The van der Waals surface area contributed by atoms with Gasteiger partial charge in [0.25, 0.3) is 0 Å². The van der Waals surface area contributed by atoms with E-state index < -0.39 is 0 Å². The van der Waals surface area contributed by atoms with E-state index in [2.05, 4.69) is 61.6 Å². The second-order valence-electron chi connectivity index (χ2n) is 14.3. The van der Waals surface area contributed by atoms with Crippen LogP contribution in [0.5, 0.6) is 0 Å². The Kier molecular flexibility index (Phi) is 9.80. The largest absolute Gasteiger partial charge is 0.469 e. The average Bonchev–Trinajstić information content (AvgIpc) is 3.93. The number of carbonyl (C=O) groups excluding carboxylic acids is 1. The van der Waals surface area contributed by atoms with E-state index in [1.165, 1.54) is 29.4 Å². The Hall–Kier alpha value is -3.79. The van der Waals surface area contributed by atoms with E-state index in [0.717, 1.165) is 69.2 Å². The lowest BCUT2D eigenvalue weighted by Crippen LogP contribution is -2.30. The summed E-state index contributed by atoms with van der Waals surface area (Å²) in [4.78, 5) is 20.2. The van der Waals surface area contributed by atoms with Gasteiger partial charge in [0.1, 0.15) is 0 Å². The second-order valence-corrected chi connectivity index (χ2v) is 14.3. The fourth-order valence-electron chi connectivity index (χ4n) is 8.85. The van der Waals surface area contributed by atoms with Crippen LogP contribution >= 0.6 is 0 Å². The lowest BCUT2D eigenvalue weighted by Gasteiger charge is -2.32. The van der Waals surface area contributed by atoms with Crippen LogP contribution in [0.2, 0.25) is 0 Å². The van der Waals surface area contributed by atoms with Crippen molar-refractivity contribution in [2.75, 3.05) is 13.7 Å². The molecule has 2 fully saturated rings. The molecule has 2 aromatic heterocycles. The molecule has 8 rings (SSSR count). The smallest absolute Gasteiger partial charge is 0.308 e. The highest BCUT2D eigenvalue weighted by molar-refractivity contribution is 5.72. The van der Waals surface area contributed by atoms with Gasteiger partial charge in [0.2, 0.25) is 0 Å². The van der Waals surface area contributed by atoms with Gasteiger partial charge in [0, 0.05) is 17.7 Å². The van der Waals surface area contributed by atoms with Crippen LogP contribution in [-0.4, -0.2) is 66.3 Å². The molecular weight excluding hydrogens is 604 g/mol. The van der Waals surface area contributed by atoms with Gasteiger partial charge in [0.15, 0.2) is 0 Å². The van der Waals surface area contributed by atoms with Gasteiger partial charge in [-0.3, -0.25) is 4.79 Å². The number of aromatic nitrogens is 4. The third kappa shape index (κ3) is 6.35. The number of carbonyl (C=O) groups is 1. The molecule has 9 nitrogen and oxygen atoms in total. The summed E-state index contributed by atoms with van der Waals surface area (Å²) in [6, 6.07) is 17.1. The average molecular weight is 653 g/mol. The zero-order chi connectivity index (χ0) is 33.2. The van der Waals surface area contributed by atoms with Gasteiger partial charge in [-0.05, 0) is 93.1 Å². The summed E-state index contributed by atoms with van der Waals surface area (Å²) in [6.45, 7) is 0.289. The summed E-state index contributed by atoms with van der Waals surface area (Å²) in [6.07, 6.45) is 15.8. The Morgan fingerprint density at radius 2 is 1.21 bits per heavy atom. The van der Waals surface area contributed by atoms with Crippen LogP contribution in [0.25, 0.3) is 22.5 Å². The van der Waals surface area contributed by atoms with Crippen molar-refractivity contribution in [1.82, 2.24) is 19.1 Å². The molecule has 3 N–H and O–H groups in total. The zero-order valence-corrected chi connectivity index (χ0v) is 27.8. The molecule has 4 atom stereocenters. The first kappa shape index (κ1) is 32.7. The fraction of sp³-hybridized carbons (Fsp3) is 0.513. The van der Waals surface area contributed by atoms with Crippen molar-refractivity contribution in [3.63, 3.8) is 0 Å². The molecule has 4 aliphatic rings. The molecule has 0 spiro atoms. The molecule has 4 aromatic rings. The minimum absolute atomic E-state index is 0.000841. The number of methoxy groups -OCH3 is 1. The molecule has 0 bridgehead atoms. The number of hydrogen-bond donors (Lipinski definition) is 3. The molecule has 254 valence electrons. The van der Waals surface area contributed by atoms with Crippen molar-refractivity contribution in [3.05, 3.63) is 84.7 Å². The van der Waals surface area contributed by atoms with Gasteiger partial charge in [0.05, 0.1) is 73.8 Å². The number of fused-ring (bicyclic) bond motifs is 6. The van der Waals surface area contributed by atoms with Crippen LogP contribution in [0.3, 0.4) is 0 Å². The summed E-state index contributed by atoms with van der Waals surface area (Å²) in [5.74, 6) is 0.936. The Morgan fingerprint density at radius 1 is 0.750 bits per heavy atom. The molecule has 0 saturated heterocycles. The van der Waals surface area contributed by atoms with Crippen LogP contribution in [0.1, 0.15) is 87.4 Å². The topological polar surface area (TPSA) is 123 Å². The summed E-state index contributed by atoms with van der Waals surface area (Å²) in [7, 11) is 1.45. The first-order valence-corrected chi connectivity index (χ1v) is 17.7. The molecule has 2 aliphatic heterocycles. The molecule has 0 amide bonds. The van der Waals surface area contributed by atoms with Crippen LogP contribution in [0, 0.1) is 23.7 Å². The lowest BCUT2D eigenvalue weighted by atomic mass is 9.78. The van der Waals surface area contributed by atoms with E-state index in [4.69, 9.17) is 4.74 Å². The van der Waals surface area contributed by atoms with Crippen LogP contribution in [0.4, 0.5) is 0 Å². The number of esters is 1. The van der Waals surface area contributed by atoms with E-state index in [1.54, 1.807) is 0 Å². The van der Waals surface area contributed by atoms with Crippen LogP contribution < -0.4 is 0 Å². The number of imidazole rings is 2. The highest BCUT2D eigenvalue weighted by atomic mass is 16.5. The third-order valence-corrected chi connectivity index (χ3v) is 11.7. The highest BCUT2D eigenvalue weighted by Crippen LogP contribution is 2.44. The Labute approximate surface area is 282 Å². The molecule has 9 heteroatoms. The second kappa shape index (κ2) is 14.4. The predicted octanol–water partition coefficient (Wildman–Crippen LogP) is 6.19. The normalized spacial score (nSPS) is 26.7. The highest BCUT2D eigenvalue weighted by Gasteiger charge is 2.36. The lowest BCUT2D eigenvalue weighted by molar-refractivity contribution is -0.147. The van der Waals surface area contributed by atoms with Crippen LogP contribution in [0.15, 0.2) is 73.6 Å². The Morgan fingerprint density at radius 3 is 1.67 bits per heavy atom. The minimum atomic E-state index is -0.370. The first-order valence-electron chi connectivity index (χ1n) is 17.7. The van der Waals surface area contributed by atoms with Crippen molar-refractivity contribution in [2.24, 2.45) is 23.7 Å². The number of rotatable bonds is 8. The summed E-state index contributed by atoms with van der Waals surface area (Å²) < 4.78 is 9.23. The first-order chi connectivity index (χ1) is 23.5. The molecule has 2 aromatic carbocycles. The van der Waals surface area contributed by atoms with Gasteiger partial charge < -0.3 is 29.2 Å². The molecule has 4 heterocycles. The number of benzene rings is 2. The van der Waals surface area contributed by atoms with Gasteiger partial charge in [-0.1, -0.05) is 48.5 Å². The molecular formula is C39H48N4O5. The number of ether oxygens (including phenoxy) is 1. The standard InChI is InChI=1S/C20H24N2O3.C19H24N2O2/c1-25-20(24)14-8-6-13(7-9-14)19(23)10-17-15-4-2-3-5-16(15)18-11-21-12-22(17)18;22-11-13-5-7-14(8-6-13)19(23)9-17-15-3-1-2-4-16(15)18-10-20-12-21(17)18/h2-5,11-14,17,19,23H,6-10H2,1H3;1-4,10,12-14,17,19,22-23H,5-9,11H2. The summed E-state index contributed by atoms with van der Waals surface area (Å²) in [5, 5.41) is 30.9. The Bertz CT molecular complexity index is 1680. The number of aliphatic hydroxyl groups excluding tert-OH is 3. The summed E-state index contributed by atoms with van der Waals surface area (Å²) in [5.41, 5.74) is 7.30. The van der Waals surface area contributed by atoms with Crippen molar-refractivity contribution in [1.29, 1.82) is 0 Å². The maximum atomic E-state index is 11.7. The Balaban J connectivity index is 0.000000152. The molecule has 2 saturated carbocycles. The number of nitrogens with zero attached hydrogens (tertiary/aromatic N) is 4. The van der Waals surface area contributed by atoms with Crippen molar-refractivity contribution in [2.45, 2.75) is 88.5 Å². The van der Waals surface area contributed by atoms with E-state index in [-0.39, 0.29) is 48.7 Å². The van der Waals surface area contributed by atoms with Gasteiger partial charge in [-0.15, -0.1) is 0 Å². The van der Waals surface area contributed by atoms with Gasteiger partial charge in [-0.25, -0.2) is 9.97 Å². The maximum absolute atomic E-state index is 11.7. The van der Waals surface area contributed by atoms with Crippen molar-refractivity contribution < 1.29 is 24.9 Å². The maximum Gasteiger partial charge on any atom is 0.308 e. The fourth-order valence-corrected chi connectivity index (χ4v) is 8.85. The van der Waals surface area contributed by atoms with Crippen molar-refractivity contribution >= 4 is 5.97 Å². The number of aliphatic hydroxyl groups is 3.